The van der Waals surface area contributed by atoms with Crippen LogP contribution < -0.4 is 9.62 Å². The van der Waals surface area contributed by atoms with Crippen LogP contribution in [0.1, 0.15) is 19.4 Å². The van der Waals surface area contributed by atoms with E-state index < -0.39 is 28.5 Å². The zero-order valence-corrected chi connectivity index (χ0v) is 20.9. The minimum atomic E-state index is -3.86. The lowest BCUT2D eigenvalue weighted by Crippen LogP contribution is -2.51. The van der Waals surface area contributed by atoms with Crippen LogP contribution in [-0.2, 0) is 26.2 Å². The second-order valence-corrected chi connectivity index (χ2v) is 10.3. The lowest BCUT2D eigenvalue weighted by molar-refractivity contribution is -0.139. The molecule has 1 N–H and O–H groups in total. The van der Waals surface area contributed by atoms with Crippen molar-refractivity contribution in [3.8, 4) is 0 Å². The summed E-state index contributed by atoms with van der Waals surface area (Å²) < 4.78 is 25.9. The van der Waals surface area contributed by atoms with E-state index in [0.717, 1.165) is 16.1 Å². The molecule has 0 radical (unpaired) electrons. The van der Waals surface area contributed by atoms with Gasteiger partial charge in [-0.3, -0.25) is 13.9 Å². The Morgan fingerprint density at radius 2 is 1.56 bits per heavy atom. The predicted octanol–water partition coefficient (Wildman–Crippen LogP) is 3.97. The number of carbonyl (C=O) groups excluding carboxylic acids is 2. The van der Waals surface area contributed by atoms with Crippen molar-refractivity contribution >= 4 is 62.3 Å². The standard InChI is InChI=1S/C21H24Cl3N3O4S/c1-4-25-21(29)14(2)26(12-15-5-7-16(22)8-6-15)20(28)13-27(32(3,30)31)19-10-17(23)9-18(24)11-19/h5-11,14H,4,12-13H2,1-3H3,(H,25,29)/t14-/m0/s1. The van der Waals surface area contributed by atoms with Gasteiger partial charge in [-0.25, -0.2) is 8.42 Å². The van der Waals surface area contributed by atoms with Crippen molar-refractivity contribution in [3.05, 3.63) is 63.1 Å². The number of amides is 2. The molecule has 1 atom stereocenters. The zero-order valence-electron chi connectivity index (χ0n) is 17.8. The van der Waals surface area contributed by atoms with Gasteiger partial charge in [0, 0.05) is 28.2 Å². The summed E-state index contributed by atoms with van der Waals surface area (Å²) in [6.07, 6.45) is 0.978. The Morgan fingerprint density at radius 1 is 1.00 bits per heavy atom. The lowest BCUT2D eigenvalue weighted by atomic mass is 10.1. The molecule has 0 heterocycles. The summed E-state index contributed by atoms with van der Waals surface area (Å²) in [5, 5.41) is 3.67. The van der Waals surface area contributed by atoms with Gasteiger partial charge in [0.05, 0.1) is 11.9 Å². The van der Waals surface area contributed by atoms with Gasteiger partial charge >= 0.3 is 0 Å². The van der Waals surface area contributed by atoms with Gasteiger partial charge in [-0.15, -0.1) is 0 Å². The van der Waals surface area contributed by atoms with Crippen LogP contribution in [0.3, 0.4) is 0 Å². The van der Waals surface area contributed by atoms with Gasteiger partial charge < -0.3 is 10.2 Å². The van der Waals surface area contributed by atoms with E-state index in [9.17, 15) is 18.0 Å². The number of nitrogens with one attached hydrogen (secondary N) is 1. The molecule has 0 aliphatic carbocycles. The molecule has 0 fully saturated rings. The minimum Gasteiger partial charge on any atom is -0.355 e. The lowest BCUT2D eigenvalue weighted by Gasteiger charge is -2.31. The van der Waals surface area contributed by atoms with Crippen molar-refractivity contribution in [2.45, 2.75) is 26.4 Å². The molecule has 0 aliphatic heterocycles. The van der Waals surface area contributed by atoms with Crippen LogP contribution in [0.15, 0.2) is 42.5 Å². The smallest absolute Gasteiger partial charge is 0.244 e. The number of carbonyl (C=O) groups is 2. The Bertz CT molecular complexity index is 1060. The van der Waals surface area contributed by atoms with Crippen molar-refractivity contribution in [3.63, 3.8) is 0 Å². The Morgan fingerprint density at radius 3 is 2.06 bits per heavy atom. The summed E-state index contributed by atoms with van der Waals surface area (Å²) in [5.74, 6) is -0.924. The van der Waals surface area contributed by atoms with E-state index in [1.807, 2.05) is 0 Å². The van der Waals surface area contributed by atoms with Crippen molar-refractivity contribution in [2.24, 2.45) is 0 Å². The highest BCUT2D eigenvalue weighted by Gasteiger charge is 2.30. The molecular weight excluding hydrogens is 497 g/mol. The van der Waals surface area contributed by atoms with Gasteiger partial charge in [0.15, 0.2) is 0 Å². The highest BCUT2D eigenvalue weighted by molar-refractivity contribution is 7.92. The molecule has 0 aromatic heterocycles. The summed E-state index contributed by atoms with van der Waals surface area (Å²) in [6, 6.07) is 10.2. The average molecular weight is 521 g/mol. The van der Waals surface area contributed by atoms with Crippen LogP contribution in [0.5, 0.6) is 0 Å². The SMILES string of the molecule is CCNC(=O)[C@H](C)N(Cc1ccc(Cl)cc1)C(=O)CN(c1cc(Cl)cc(Cl)c1)S(C)(=O)=O. The van der Waals surface area contributed by atoms with E-state index in [2.05, 4.69) is 5.32 Å². The van der Waals surface area contributed by atoms with Crippen molar-refractivity contribution < 1.29 is 18.0 Å². The molecule has 0 unspecified atom stereocenters. The average Bonchev–Trinajstić information content (AvgIpc) is 2.69. The number of likely N-dealkylation sites (N-methyl/N-ethyl adjacent to an activating group) is 1. The maximum atomic E-state index is 13.3. The zero-order chi connectivity index (χ0) is 24.1. The van der Waals surface area contributed by atoms with Crippen LogP contribution in [0.25, 0.3) is 0 Å². The Hall–Kier alpha value is -2.00. The molecule has 0 bridgehead atoms. The highest BCUT2D eigenvalue weighted by Crippen LogP contribution is 2.27. The first-order valence-electron chi connectivity index (χ1n) is 9.67. The number of halogens is 3. The summed E-state index contributed by atoms with van der Waals surface area (Å²) in [5.41, 5.74) is 0.881. The molecule has 0 saturated carbocycles. The summed E-state index contributed by atoms with van der Waals surface area (Å²) in [7, 11) is -3.86. The van der Waals surface area contributed by atoms with Gasteiger partial charge in [0.25, 0.3) is 0 Å². The molecule has 0 aliphatic rings. The third kappa shape index (κ3) is 7.27. The number of hydrogen-bond acceptors (Lipinski definition) is 4. The molecule has 2 rings (SSSR count). The number of sulfonamides is 1. The van der Waals surface area contributed by atoms with Crippen molar-refractivity contribution in [1.82, 2.24) is 10.2 Å². The molecule has 2 aromatic rings. The van der Waals surface area contributed by atoms with E-state index >= 15 is 0 Å². The van der Waals surface area contributed by atoms with Gasteiger partial charge in [0.2, 0.25) is 21.8 Å². The Balaban J connectivity index is 2.40. The highest BCUT2D eigenvalue weighted by atomic mass is 35.5. The molecule has 32 heavy (non-hydrogen) atoms. The van der Waals surface area contributed by atoms with Crippen LogP contribution in [0, 0.1) is 0 Å². The molecule has 11 heteroatoms. The maximum Gasteiger partial charge on any atom is 0.244 e. The third-order valence-electron chi connectivity index (χ3n) is 4.60. The molecule has 2 amide bonds. The first-order valence-corrected chi connectivity index (χ1v) is 12.7. The fourth-order valence-corrected chi connectivity index (χ4v) is 4.46. The van der Waals surface area contributed by atoms with Crippen molar-refractivity contribution in [1.29, 1.82) is 0 Å². The van der Waals surface area contributed by atoms with E-state index in [0.29, 0.717) is 11.6 Å². The van der Waals surface area contributed by atoms with E-state index in [1.165, 1.54) is 23.1 Å². The number of benzene rings is 2. The van der Waals surface area contributed by atoms with Gasteiger partial charge in [-0.1, -0.05) is 46.9 Å². The fourth-order valence-electron chi connectivity index (χ4n) is 2.99. The predicted molar refractivity (Wildman–Crippen MR) is 129 cm³/mol. The van der Waals surface area contributed by atoms with E-state index in [1.54, 1.807) is 38.1 Å². The summed E-state index contributed by atoms with van der Waals surface area (Å²) in [4.78, 5) is 27.1. The molecule has 0 spiro atoms. The molecule has 7 nitrogen and oxygen atoms in total. The van der Waals surface area contributed by atoms with Crippen LogP contribution in [0.4, 0.5) is 5.69 Å². The largest absolute Gasteiger partial charge is 0.355 e. The Labute approximate surface area is 203 Å². The molecule has 174 valence electrons. The van der Waals surface area contributed by atoms with Crippen molar-refractivity contribution in [2.75, 3.05) is 23.7 Å². The van der Waals surface area contributed by atoms with Gasteiger partial charge in [0.1, 0.15) is 12.6 Å². The quantitative estimate of drug-likeness (QED) is 0.542. The maximum absolute atomic E-state index is 13.3. The monoisotopic (exact) mass is 519 g/mol. The number of nitrogens with zero attached hydrogens (tertiary/aromatic N) is 2. The number of anilines is 1. The first-order chi connectivity index (χ1) is 14.9. The normalized spacial score (nSPS) is 12.2. The summed E-state index contributed by atoms with van der Waals surface area (Å²) in [6.45, 7) is 3.29. The Kier molecular flexibility index (Phi) is 9.21. The van der Waals surface area contributed by atoms with Gasteiger partial charge in [-0.2, -0.15) is 0 Å². The minimum absolute atomic E-state index is 0.0855. The third-order valence-corrected chi connectivity index (χ3v) is 6.43. The van der Waals surface area contributed by atoms with Crippen LogP contribution in [-0.4, -0.2) is 50.5 Å². The van der Waals surface area contributed by atoms with E-state index in [4.69, 9.17) is 34.8 Å². The second-order valence-electron chi connectivity index (χ2n) is 7.12. The second kappa shape index (κ2) is 11.2. The topological polar surface area (TPSA) is 86.8 Å². The molecule has 2 aromatic carbocycles. The summed E-state index contributed by atoms with van der Waals surface area (Å²) >= 11 is 18.0. The number of hydrogen-bond donors (Lipinski definition) is 1. The van der Waals surface area contributed by atoms with Crippen LogP contribution in [0.2, 0.25) is 15.1 Å². The molecule has 0 saturated heterocycles. The number of rotatable bonds is 9. The van der Waals surface area contributed by atoms with E-state index in [-0.39, 0.29) is 28.2 Å². The van der Waals surface area contributed by atoms with Crippen LogP contribution >= 0.6 is 34.8 Å². The first kappa shape index (κ1) is 26.3. The van der Waals surface area contributed by atoms with Gasteiger partial charge in [-0.05, 0) is 49.7 Å². The molecular formula is C21H24Cl3N3O4S. The fraction of sp³-hybridized carbons (Fsp3) is 0.333.